The fraction of sp³-hybridized carbons (Fsp3) is 0.429. The Kier molecular flexibility index (Phi) is 3.25. The summed E-state index contributed by atoms with van der Waals surface area (Å²) in [5.41, 5.74) is 9.54. The summed E-state index contributed by atoms with van der Waals surface area (Å²) in [4.78, 5) is 0. The number of phenolic OH excluding ortho intramolecular Hbond substituents is 1. The summed E-state index contributed by atoms with van der Waals surface area (Å²) in [5, 5.41) is 14.1. The predicted molar refractivity (Wildman–Crippen MR) is 81.0 cm³/mol. The van der Waals surface area contributed by atoms with Gasteiger partial charge in [-0.15, -0.1) is 0 Å². The van der Waals surface area contributed by atoms with Crippen LogP contribution in [-0.2, 0) is 0 Å². The first-order valence-corrected chi connectivity index (χ1v) is 7.13. The van der Waals surface area contributed by atoms with Gasteiger partial charge in [-0.05, 0) is 56.1 Å². The van der Waals surface area contributed by atoms with Crippen molar-refractivity contribution in [3.8, 4) is 11.5 Å². The van der Waals surface area contributed by atoms with Crippen LogP contribution in [0.25, 0.3) is 0 Å². The van der Waals surface area contributed by atoms with E-state index in [1.54, 1.807) is 18.2 Å². The molecule has 1 fully saturated rings. The molecule has 0 radical (unpaired) electrons. The van der Waals surface area contributed by atoms with Crippen LogP contribution in [0.5, 0.6) is 11.5 Å². The van der Waals surface area contributed by atoms with Crippen molar-refractivity contribution in [1.82, 2.24) is 5.43 Å². The second kappa shape index (κ2) is 4.94. The summed E-state index contributed by atoms with van der Waals surface area (Å²) in [5.74, 6) is 0.956. The minimum atomic E-state index is -0.166. The maximum atomic E-state index is 9.66. The van der Waals surface area contributed by atoms with Crippen LogP contribution in [0.2, 0.25) is 0 Å². The van der Waals surface area contributed by atoms with E-state index in [9.17, 15) is 5.11 Å². The summed E-state index contributed by atoms with van der Waals surface area (Å²) in [6, 6.07) is 5.09. The van der Waals surface area contributed by atoms with Gasteiger partial charge in [0.2, 0.25) is 0 Å². The third-order valence-electron chi connectivity index (χ3n) is 3.91. The second-order valence-corrected chi connectivity index (χ2v) is 5.82. The van der Waals surface area contributed by atoms with E-state index in [0.717, 1.165) is 29.9 Å². The van der Waals surface area contributed by atoms with Gasteiger partial charge in [0.05, 0.1) is 5.71 Å². The van der Waals surface area contributed by atoms with Crippen LogP contribution in [0.3, 0.4) is 0 Å². The van der Waals surface area contributed by atoms with Gasteiger partial charge >= 0.3 is 0 Å². The summed E-state index contributed by atoms with van der Waals surface area (Å²) >= 11 is 4.79. The number of aromatic hydroxyl groups is 1. The molecule has 5 nitrogen and oxygen atoms in total. The first kappa shape index (κ1) is 13.2. The lowest BCUT2D eigenvalue weighted by atomic mass is 9.88. The standard InChI is InChI=1S/C14H17N3O2S/c15-13(20)17-16-11-8-14(5-1-2-6-14)19-12-4-3-9(18)7-10(11)12/h3-4,7,18H,1-2,5-6,8H2,(H3,15,17,20)/b16-11+. The van der Waals surface area contributed by atoms with Gasteiger partial charge in [-0.2, -0.15) is 5.10 Å². The third-order valence-corrected chi connectivity index (χ3v) is 4.00. The number of ether oxygens (including phenoxy) is 1. The molecular weight excluding hydrogens is 274 g/mol. The van der Waals surface area contributed by atoms with E-state index in [4.69, 9.17) is 22.7 Å². The smallest absolute Gasteiger partial charge is 0.184 e. The zero-order valence-electron chi connectivity index (χ0n) is 11.1. The second-order valence-electron chi connectivity index (χ2n) is 5.38. The predicted octanol–water partition coefficient (Wildman–Crippen LogP) is 2.02. The summed E-state index contributed by atoms with van der Waals surface area (Å²) in [7, 11) is 0. The number of nitrogens with two attached hydrogens (primary N) is 1. The van der Waals surface area contributed by atoms with Gasteiger partial charge in [0, 0.05) is 12.0 Å². The summed E-state index contributed by atoms with van der Waals surface area (Å²) < 4.78 is 6.19. The van der Waals surface area contributed by atoms with Crippen LogP contribution in [0.1, 0.15) is 37.7 Å². The number of rotatable bonds is 1. The maximum Gasteiger partial charge on any atom is 0.184 e. The number of fused-ring (bicyclic) bond motifs is 1. The van der Waals surface area contributed by atoms with Gasteiger partial charge in [-0.1, -0.05) is 0 Å². The molecule has 4 N–H and O–H groups in total. The molecule has 0 aromatic heterocycles. The van der Waals surface area contributed by atoms with Crippen LogP contribution in [0.4, 0.5) is 0 Å². The van der Waals surface area contributed by atoms with Gasteiger partial charge in [0.1, 0.15) is 17.1 Å². The first-order valence-electron chi connectivity index (χ1n) is 6.72. The monoisotopic (exact) mass is 291 g/mol. The normalized spacial score (nSPS) is 21.5. The van der Waals surface area contributed by atoms with Crippen molar-refractivity contribution in [2.75, 3.05) is 0 Å². The number of hydrazone groups is 1. The van der Waals surface area contributed by atoms with E-state index in [1.165, 1.54) is 12.8 Å². The molecule has 1 aliphatic carbocycles. The van der Waals surface area contributed by atoms with E-state index < -0.39 is 0 Å². The van der Waals surface area contributed by atoms with Crippen molar-refractivity contribution in [2.45, 2.75) is 37.7 Å². The Morgan fingerprint density at radius 3 is 2.85 bits per heavy atom. The third kappa shape index (κ3) is 2.43. The Morgan fingerprint density at radius 2 is 2.15 bits per heavy atom. The molecule has 3 rings (SSSR count). The van der Waals surface area contributed by atoms with Gasteiger partial charge in [0.15, 0.2) is 5.11 Å². The Balaban J connectivity index is 2.01. The lowest BCUT2D eigenvalue weighted by molar-refractivity contribution is 0.0778. The summed E-state index contributed by atoms with van der Waals surface area (Å²) in [6.07, 6.45) is 5.10. The highest BCUT2D eigenvalue weighted by atomic mass is 32.1. The van der Waals surface area contributed by atoms with Crippen molar-refractivity contribution in [1.29, 1.82) is 0 Å². The van der Waals surface area contributed by atoms with Crippen LogP contribution in [-0.4, -0.2) is 21.5 Å². The van der Waals surface area contributed by atoms with Crippen molar-refractivity contribution < 1.29 is 9.84 Å². The minimum absolute atomic E-state index is 0.131. The van der Waals surface area contributed by atoms with Crippen LogP contribution < -0.4 is 15.9 Å². The van der Waals surface area contributed by atoms with Crippen LogP contribution in [0, 0.1) is 0 Å². The molecule has 1 aromatic carbocycles. The van der Waals surface area contributed by atoms with Gasteiger partial charge < -0.3 is 15.6 Å². The lowest BCUT2D eigenvalue weighted by Crippen LogP contribution is -2.40. The number of nitrogens with zero attached hydrogens (tertiary/aromatic N) is 1. The molecule has 0 saturated heterocycles. The molecule has 0 amide bonds. The number of benzene rings is 1. The maximum absolute atomic E-state index is 9.66. The molecule has 1 saturated carbocycles. The topological polar surface area (TPSA) is 79.9 Å². The van der Waals surface area contributed by atoms with Crippen molar-refractivity contribution in [2.24, 2.45) is 10.8 Å². The quantitative estimate of drug-likeness (QED) is 0.545. The highest BCUT2D eigenvalue weighted by Crippen LogP contribution is 2.43. The molecule has 2 aliphatic rings. The molecule has 1 aliphatic heterocycles. The summed E-state index contributed by atoms with van der Waals surface area (Å²) in [6.45, 7) is 0. The molecule has 0 atom stereocenters. The highest BCUT2D eigenvalue weighted by Gasteiger charge is 2.41. The van der Waals surface area contributed by atoms with E-state index in [0.29, 0.717) is 6.42 Å². The first-order chi connectivity index (χ1) is 9.58. The van der Waals surface area contributed by atoms with Crippen LogP contribution in [0.15, 0.2) is 23.3 Å². The fourth-order valence-corrected chi connectivity index (χ4v) is 3.07. The number of hydrogen-bond donors (Lipinski definition) is 3. The number of hydrogen-bond acceptors (Lipinski definition) is 4. The van der Waals surface area contributed by atoms with E-state index >= 15 is 0 Å². The Bertz CT molecular complexity index is 580. The Morgan fingerprint density at radius 1 is 1.40 bits per heavy atom. The molecule has 106 valence electrons. The van der Waals surface area contributed by atoms with Crippen LogP contribution >= 0.6 is 12.2 Å². The minimum Gasteiger partial charge on any atom is -0.508 e. The van der Waals surface area contributed by atoms with Crippen molar-refractivity contribution >= 4 is 23.0 Å². The Hall–Kier alpha value is -1.82. The zero-order chi connectivity index (χ0) is 14.2. The number of phenols is 1. The number of thiocarbonyl (C=S) groups is 1. The molecule has 0 unspecified atom stereocenters. The van der Waals surface area contributed by atoms with Crippen molar-refractivity contribution in [3.63, 3.8) is 0 Å². The average Bonchev–Trinajstić information content (AvgIpc) is 2.85. The Labute approximate surface area is 122 Å². The van der Waals surface area contributed by atoms with Gasteiger partial charge in [-0.25, -0.2) is 0 Å². The fourth-order valence-electron chi connectivity index (χ4n) is 3.02. The van der Waals surface area contributed by atoms with E-state index in [2.05, 4.69) is 10.5 Å². The van der Waals surface area contributed by atoms with Crippen molar-refractivity contribution in [3.05, 3.63) is 23.8 Å². The van der Waals surface area contributed by atoms with Gasteiger partial charge in [0.25, 0.3) is 0 Å². The zero-order valence-corrected chi connectivity index (χ0v) is 11.9. The molecule has 0 bridgehead atoms. The lowest BCUT2D eigenvalue weighted by Gasteiger charge is -2.36. The SMILES string of the molecule is NC(=S)N/N=C1\CC2(CCCC2)Oc2ccc(O)cc21. The van der Waals surface area contributed by atoms with E-state index in [1.807, 2.05) is 0 Å². The molecule has 1 heterocycles. The number of nitrogens with one attached hydrogen (secondary N) is 1. The van der Waals surface area contributed by atoms with E-state index in [-0.39, 0.29) is 16.5 Å². The molecular formula is C14H17N3O2S. The molecule has 20 heavy (non-hydrogen) atoms. The molecule has 1 spiro atoms. The average molecular weight is 291 g/mol. The molecule has 1 aromatic rings. The molecule has 6 heteroatoms. The largest absolute Gasteiger partial charge is 0.508 e. The van der Waals surface area contributed by atoms with Gasteiger partial charge in [-0.3, -0.25) is 5.43 Å². The highest BCUT2D eigenvalue weighted by molar-refractivity contribution is 7.80.